The molecule has 3 amide bonds. The van der Waals surface area contributed by atoms with Crippen molar-refractivity contribution in [3.8, 4) is 5.75 Å². The monoisotopic (exact) mass is 388 g/mol. The highest BCUT2D eigenvalue weighted by atomic mass is 19.1. The number of carbonyl (C=O) groups excluding carboxylic acids is 3. The number of nitrogens with one attached hydrogen (secondary N) is 1. The summed E-state index contributed by atoms with van der Waals surface area (Å²) >= 11 is 0. The molecule has 0 radical (unpaired) electrons. The lowest BCUT2D eigenvalue weighted by atomic mass is 10.1. The van der Waals surface area contributed by atoms with Crippen molar-refractivity contribution >= 4 is 17.9 Å². The van der Waals surface area contributed by atoms with Gasteiger partial charge in [0, 0.05) is 0 Å². The number of urea groups is 1. The second-order valence-corrected chi connectivity index (χ2v) is 6.37. The number of primary amides is 1. The van der Waals surface area contributed by atoms with Crippen LogP contribution in [0.5, 0.6) is 5.75 Å². The average Bonchev–Trinajstić information content (AvgIpc) is 2.64. The lowest BCUT2D eigenvalue weighted by Crippen LogP contribution is -2.45. The summed E-state index contributed by atoms with van der Waals surface area (Å²) in [5.74, 6) is -1.85. The molecule has 0 aliphatic rings. The van der Waals surface area contributed by atoms with E-state index in [0.717, 1.165) is 5.56 Å². The van der Waals surface area contributed by atoms with Crippen molar-refractivity contribution in [3.63, 3.8) is 0 Å². The van der Waals surface area contributed by atoms with Crippen molar-refractivity contribution in [3.05, 3.63) is 65.5 Å². The van der Waals surface area contributed by atoms with Gasteiger partial charge in [0.1, 0.15) is 18.2 Å². The van der Waals surface area contributed by atoms with E-state index in [9.17, 15) is 18.8 Å². The van der Waals surface area contributed by atoms with Crippen molar-refractivity contribution in [2.45, 2.75) is 26.6 Å². The maximum Gasteiger partial charge on any atom is 0.339 e. The predicted molar refractivity (Wildman–Crippen MR) is 98.9 cm³/mol. The van der Waals surface area contributed by atoms with E-state index in [4.69, 9.17) is 15.2 Å². The standard InChI is InChI=1S/C20H21FN2O5/c1-12(2)17(18(24)23-20(22)26)28-19(25)14-4-3-5-16(10-14)27-11-13-6-8-15(21)9-7-13/h3-10,12,17H,11H2,1-2H3,(H3,22,23,24,26). The smallest absolute Gasteiger partial charge is 0.339 e. The van der Waals surface area contributed by atoms with E-state index in [-0.39, 0.29) is 23.9 Å². The molecule has 0 fully saturated rings. The Morgan fingerprint density at radius 2 is 1.79 bits per heavy atom. The number of ether oxygens (including phenoxy) is 2. The van der Waals surface area contributed by atoms with Gasteiger partial charge in [-0.2, -0.15) is 0 Å². The maximum absolute atomic E-state index is 12.9. The van der Waals surface area contributed by atoms with E-state index < -0.39 is 24.0 Å². The molecule has 3 N–H and O–H groups in total. The van der Waals surface area contributed by atoms with Crippen LogP contribution in [0.15, 0.2) is 48.5 Å². The van der Waals surface area contributed by atoms with Gasteiger partial charge in [-0.3, -0.25) is 10.1 Å². The van der Waals surface area contributed by atoms with Crippen LogP contribution in [0.2, 0.25) is 0 Å². The van der Waals surface area contributed by atoms with Gasteiger partial charge in [-0.05, 0) is 41.8 Å². The van der Waals surface area contributed by atoms with Gasteiger partial charge < -0.3 is 15.2 Å². The van der Waals surface area contributed by atoms with Gasteiger partial charge in [-0.15, -0.1) is 0 Å². The van der Waals surface area contributed by atoms with Crippen LogP contribution in [0.1, 0.15) is 29.8 Å². The predicted octanol–water partition coefficient (Wildman–Crippen LogP) is 2.78. The molecule has 0 saturated carbocycles. The minimum absolute atomic E-state index is 0.175. The van der Waals surface area contributed by atoms with Crippen molar-refractivity contribution in [1.82, 2.24) is 5.32 Å². The first-order chi connectivity index (χ1) is 13.3. The second-order valence-electron chi connectivity index (χ2n) is 6.37. The molecule has 2 aromatic carbocycles. The van der Waals surface area contributed by atoms with Crippen LogP contribution in [0.25, 0.3) is 0 Å². The van der Waals surface area contributed by atoms with E-state index in [1.165, 1.54) is 24.3 Å². The SMILES string of the molecule is CC(C)C(OC(=O)c1cccc(OCc2ccc(F)cc2)c1)C(=O)NC(N)=O. The number of imide groups is 1. The van der Waals surface area contributed by atoms with Gasteiger partial charge >= 0.3 is 12.0 Å². The Labute approximate surface area is 161 Å². The fraction of sp³-hybridized carbons (Fsp3) is 0.250. The summed E-state index contributed by atoms with van der Waals surface area (Å²) in [6, 6.07) is 11.1. The molecule has 0 aromatic heterocycles. The third-order valence-electron chi connectivity index (χ3n) is 3.73. The number of benzene rings is 2. The van der Waals surface area contributed by atoms with Gasteiger partial charge in [0.25, 0.3) is 5.91 Å². The number of hydrogen-bond donors (Lipinski definition) is 2. The number of amides is 3. The summed E-state index contributed by atoms with van der Waals surface area (Å²) in [5, 5.41) is 1.91. The Morgan fingerprint density at radius 1 is 1.11 bits per heavy atom. The quantitative estimate of drug-likeness (QED) is 0.709. The number of rotatable bonds is 7. The Kier molecular flexibility index (Phi) is 7.08. The minimum atomic E-state index is -1.18. The second kappa shape index (κ2) is 9.50. The molecule has 0 aliphatic heterocycles. The molecule has 2 rings (SSSR count). The van der Waals surface area contributed by atoms with E-state index in [1.54, 1.807) is 38.1 Å². The molecule has 1 unspecified atom stereocenters. The summed E-state index contributed by atoms with van der Waals surface area (Å²) in [7, 11) is 0. The molecular formula is C20H21FN2O5. The van der Waals surface area contributed by atoms with Crippen molar-refractivity contribution in [2.75, 3.05) is 0 Å². The van der Waals surface area contributed by atoms with Crippen molar-refractivity contribution in [2.24, 2.45) is 11.7 Å². The molecule has 2 aromatic rings. The molecule has 0 heterocycles. The Bertz CT molecular complexity index is 852. The van der Waals surface area contributed by atoms with Crippen LogP contribution in [-0.2, 0) is 16.1 Å². The van der Waals surface area contributed by atoms with Gasteiger partial charge in [0.05, 0.1) is 5.56 Å². The molecule has 1 atom stereocenters. The van der Waals surface area contributed by atoms with Gasteiger partial charge in [0.15, 0.2) is 6.10 Å². The molecule has 8 heteroatoms. The van der Waals surface area contributed by atoms with Crippen molar-refractivity contribution < 1.29 is 28.2 Å². The van der Waals surface area contributed by atoms with Crippen LogP contribution in [0.3, 0.4) is 0 Å². The first kappa shape index (κ1) is 20.9. The zero-order valence-corrected chi connectivity index (χ0v) is 15.5. The largest absolute Gasteiger partial charge is 0.489 e. The van der Waals surface area contributed by atoms with E-state index >= 15 is 0 Å². The third-order valence-corrected chi connectivity index (χ3v) is 3.73. The van der Waals surface area contributed by atoms with Crippen LogP contribution in [0, 0.1) is 11.7 Å². The number of halogens is 1. The number of carbonyl (C=O) groups is 3. The highest BCUT2D eigenvalue weighted by molar-refractivity contribution is 5.98. The lowest BCUT2D eigenvalue weighted by molar-refractivity contribution is -0.130. The van der Waals surface area contributed by atoms with E-state index in [2.05, 4.69) is 0 Å². The van der Waals surface area contributed by atoms with Crippen LogP contribution in [0.4, 0.5) is 9.18 Å². The topological polar surface area (TPSA) is 108 Å². The van der Waals surface area contributed by atoms with Gasteiger partial charge in [-0.25, -0.2) is 14.0 Å². The summed E-state index contributed by atoms with van der Waals surface area (Å²) in [4.78, 5) is 35.2. The number of esters is 1. The molecule has 0 bridgehead atoms. The fourth-order valence-corrected chi connectivity index (χ4v) is 2.33. The van der Waals surface area contributed by atoms with Crippen LogP contribution < -0.4 is 15.8 Å². The van der Waals surface area contributed by atoms with Crippen LogP contribution >= 0.6 is 0 Å². The molecular weight excluding hydrogens is 367 g/mol. The summed E-state index contributed by atoms with van der Waals surface area (Å²) in [6.45, 7) is 3.52. The Morgan fingerprint density at radius 3 is 2.39 bits per heavy atom. The minimum Gasteiger partial charge on any atom is -0.489 e. The molecule has 0 aliphatic carbocycles. The van der Waals surface area contributed by atoms with Gasteiger partial charge in [-0.1, -0.05) is 32.0 Å². The lowest BCUT2D eigenvalue weighted by Gasteiger charge is -2.20. The summed E-state index contributed by atoms with van der Waals surface area (Å²) < 4.78 is 23.8. The first-order valence-electron chi connectivity index (χ1n) is 8.55. The average molecular weight is 388 g/mol. The molecule has 28 heavy (non-hydrogen) atoms. The highest BCUT2D eigenvalue weighted by Crippen LogP contribution is 2.18. The van der Waals surface area contributed by atoms with Gasteiger partial charge in [0.2, 0.25) is 0 Å². The van der Waals surface area contributed by atoms with Crippen molar-refractivity contribution in [1.29, 1.82) is 0 Å². The molecule has 0 spiro atoms. The molecule has 0 saturated heterocycles. The zero-order valence-electron chi connectivity index (χ0n) is 15.5. The first-order valence-corrected chi connectivity index (χ1v) is 8.55. The normalized spacial score (nSPS) is 11.6. The van der Waals surface area contributed by atoms with E-state index in [0.29, 0.717) is 5.75 Å². The maximum atomic E-state index is 12.9. The molecule has 148 valence electrons. The number of hydrogen-bond acceptors (Lipinski definition) is 5. The third kappa shape index (κ3) is 6.08. The van der Waals surface area contributed by atoms with E-state index in [1.807, 2.05) is 5.32 Å². The Hall–Kier alpha value is -3.42. The summed E-state index contributed by atoms with van der Waals surface area (Å²) in [5.41, 5.74) is 5.87. The zero-order chi connectivity index (χ0) is 20.7. The fourth-order valence-electron chi connectivity index (χ4n) is 2.33. The highest BCUT2D eigenvalue weighted by Gasteiger charge is 2.28. The van der Waals surface area contributed by atoms with Crippen LogP contribution in [-0.4, -0.2) is 24.0 Å². The molecule has 7 nitrogen and oxygen atoms in total. The summed E-state index contributed by atoms with van der Waals surface area (Å²) in [6.07, 6.45) is -1.18. The Balaban J connectivity index is 2.04. The number of nitrogens with two attached hydrogens (primary N) is 1.